The van der Waals surface area contributed by atoms with E-state index in [1.807, 2.05) is 29.2 Å². The molecule has 0 spiro atoms. The molecule has 0 bridgehead atoms. The van der Waals surface area contributed by atoms with Crippen molar-refractivity contribution in [2.24, 2.45) is 0 Å². The highest BCUT2D eigenvalue weighted by atomic mass is 19.1. The van der Waals surface area contributed by atoms with Gasteiger partial charge in [-0.25, -0.2) is 4.39 Å². The predicted molar refractivity (Wildman–Crippen MR) is 115 cm³/mol. The number of nitrogens with one attached hydrogen (secondary N) is 1. The minimum absolute atomic E-state index is 0.0459. The molecule has 2 heterocycles. The van der Waals surface area contributed by atoms with E-state index >= 15 is 0 Å². The molecule has 2 aromatic carbocycles. The van der Waals surface area contributed by atoms with Gasteiger partial charge >= 0.3 is 0 Å². The number of carbonyl (C=O) groups is 2. The second kappa shape index (κ2) is 9.52. The van der Waals surface area contributed by atoms with Crippen LogP contribution in [0.25, 0.3) is 0 Å². The Morgan fingerprint density at radius 2 is 1.63 bits per heavy atom. The van der Waals surface area contributed by atoms with Crippen LogP contribution in [0.2, 0.25) is 0 Å². The molecule has 4 rings (SSSR count). The van der Waals surface area contributed by atoms with Crippen molar-refractivity contribution in [2.75, 3.05) is 26.2 Å². The monoisotopic (exact) mass is 408 g/mol. The summed E-state index contributed by atoms with van der Waals surface area (Å²) in [5, 5.41) is 3.38. The largest absolute Gasteiger partial charge is 0.343 e. The van der Waals surface area contributed by atoms with Crippen molar-refractivity contribution >= 4 is 11.7 Å². The third kappa shape index (κ3) is 4.96. The first kappa shape index (κ1) is 20.7. The van der Waals surface area contributed by atoms with Crippen molar-refractivity contribution in [3.63, 3.8) is 0 Å². The molecule has 2 aliphatic rings. The number of hydrogen-bond donors (Lipinski definition) is 1. The van der Waals surface area contributed by atoms with Crippen molar-refractivity contribution in [1.29, 1.82) is 0 Å². The second-order valence-electron chi connectivity index (χ2n) is 8.36. The van der Waals surface area contributed by atoms with Gasteiger partial charge in [-0.05, 0) is 79.6 Å². The van der Waals surface area contributed by atoms with Crippen LogP contribution in [0, 0.1) is 5.82 Å². The fourth-order valence-electron chi connectivity index (χ4n) is 4.57. The average Bonchev–Trinajstić information content (AvgIpc) is 3.03. The molecule has 0 unspecified atom stereocenters. The summed E-state index contributed by atoms with van der Waals surface area (Å²) >= 11 is 0. The number of benzene rings is 2. The number of amides is 1. The van der Waals surface area contributed by atoms with Crippen molar-refractivity contribution in [3.05, 3.63) is 70.5 Å². The Bertz CT molecular complexity index is 902. The Kier molecular flexibility index (Phi) is 6.58. The molecular weight excluding hydrogens is 379 g/mol. The van der Waals surface area contributed by atoms with Gasteiger partial charge in [0.05, 0.1) is 0 Å². The number of halogens is 1. The highest BCUT2D eigenvalue weighted by Gasteiger charge is 2.24. The number of fused-ring (bicyclic) bond motifs is 1. The summed E-state index contributed by atoms with van der Waals surface area (Å²) in [5.74, 6) is 0.247. The topological polar surface area (TPSA) is 49.4 Å². The van der Waals surface area contributed by atoms with Gasteiger partial charge in [0.15, 0.2) is 5.78 Å². The van der Waals surface area contributed by atoms with E-state index in [0.717, 1.165) is 49.9 Å². The number of carbonyl (C=O) groups excluding carboxylic acids is 2. The lowest BCUT2D eigenvalue weighted by atomic mass is 9.89. The third-order valence-electron chi connectivity index (χ3n) is 6.43. The maximum atomic E-state index is 13.1. The molecule has 2 aliphatic heterocycles. The van der Waals surface area contributed by atoms with Crippen LogP contribution in [0.1, 0.15) is 58.6 Å². The molecule has 158 valence electrons. The summed E-state index contributed by atoms with van der Waals surface area (Å²) in [5.41, 5.74) is 4.42. The van der Waals surface area contributed by atoms with Crippen LogP contribution in [-0.2, 0) is 17.6 Å². The van der Waals surface area contributed by atoms with Crippen LogP contribution >= 0.6 is 0 Å². The van der Waals surface area contributed by atoms with E-state index in [1.165, 1.54) is 23.3 Å². The maximum Gasteiger partial charge on any atom is 0.223 e. The lowest BCUT2D eigenvalue weighted by molar-refractivity contribution is -0.132. The van der Waals surface area contributed by atoms with E-state index in [2.05, 4.69) is 11.4 Å². The quantitative estimate of drug-likeness (QED) is 0.764. The number of nitrogens with zero attached hydrogens (tertiary/aromatic N) is 1. The first-order chi connectivity index (χ1) is 14.6. The molecule has 4 nitrogen and oxygen atoms in total. The average molecular weight is 409 g/mol. The second-order valence-corrected chi connectivity index (χ2v) is 8.36. The zero-order valence-electron chi connectivity index (χ0n) is 17.3. The summed E-state index contributed by atoms with van der Waals surface area (Å²) in [7, 11) is 0. The molecule has 0 aliphatic carbocycles. The van der Waals surface area contributed by atoms with Crippen molar-refractivity contribution in [1.82, 2.24) is 10.2 Å². The number of ketones is 1. The molecule has 30 heavy (non-hydrogen) atoms. The lowest BCUT2D eigenvalue weighted by Gasteiger charge is -2.32. The summed E-state index contributed by atoms with van der Waals surface area (Å²) in [6.45, 7) is 3.31. The standard InChI is InChI=1S/C25H29FN2O2/c26-23-5-3-18(4-6-23)20-11-15-28(16-12-20)25(30)8-7-24(29)22-2-1-19-9-13-27-14-10-21(19)17-22/h1-6,17,20,27H,7-16H2. The number of rotatable bonds is 5. The molecular formula is C25H29FN2O2. The fourth-order valence-corrected chi connectivity index (χ4v) is 4.57. The highest BCUT2D eigenvalue weighted by Crippen LogP contribution is 2.28. The number of piperidine rings is 1. The molecule has 1 N–H and O–H groups in total. The summed E-state index contributed by atoms with van der Waals surface area (Å²) in [6, 6.07) is 12.7. The van der Waals surface area contributed by atoms with Crippen LogP contribution in [0.3, 0.4) is 0 Å². The Morgan fingerprint density at radius 1 is 0.933 bits per heavy atom. The summed E-state index contributed by atoms with van der Waals surface area (Å²) in [4.78, 5) is 27.1. The van der Waals surface area contributed by atoms with Gasteiger partial charge in [0, 0.05) is 31.5 Å². The van der Waals surface area contributed by atoms with Gasteiger partial charge in [0.25, 0.3) is 0 Å². The highest BCUT2D eigenvalue weighted by molar-refractivity contribution is 5.98. The van der Waals surface area contributed by atoms with Crippen LogP contribution in [-0.4, -0.2) is 42.8 Å². The number of Topliss-reactive ketones (excluding diaryl/α,β-unsaturated/α-hetero) is 1. The van der Waals surface area contributed by atoms with E-state index in [-0.39, 0.29) is 30.3 Å². The zero-order chi connectivity index (χ0) is 20.9. The van der Waals surface area contributed by atoms with Crippen LogP contribution < -0.4 is 5.32 Å². The van der Waals surface area contributed by atoms with Crippen LogP contribution in [0.15, 0.2) is 42.5 Å². The Labute approximate surface area is 177 Å². The molecule has 0 aromatic heterocycles. The normalized spacial score (nSPS) is 17.3. The summed E-state index contributed by atoms with van der Waals surface area (Å²) < 4.78 is 13.1. The van der Waals surface area contributed by atoms with Gasteiger partial charge in [-0.15, -0.1) is 0 Å². The number of hydrogen-bond acceptors (Lipinski definition) is 3. The Balaban J connectivity index is 1.27. The molecule has 2 aromatic rings. The van der Waals surface area contributed by atoms with E-state index in [1.54, 1.807) is 0 Å². The Morgan fingerprint density at radius 3 is 2.37 bits per heavy atom. The molecule has 0 radical (unpaired) electrons. The van der Waals surface area contributed by atoms with E-state index in [0.29, 0.717) is 19.0 Å². The minimum atomic E-state index is -0.220. The Hall–Kier alpha value is -2.53. The molecule has 1 saturated heterocycles. The molecule has 0 atom stereocenters. The first-order valence-electron chi connectivity index (χ1n) is 11.0. The van der Waals surface area contributed by atoms with E-state index in [4.69, 9.17) is 0 Å². The van der Waals surface area contributed by atoms with Gasteiger partial charge in [-0.3, -0.25) is 9.59 Å². The van der Waals surface area contributed by atoms with Crippen LogP contribution in [0.5, 0.6) is 0 Å². The molecule has 5 heteroatoms. The van der Waals surface area contributed by atoms with Crippen LogP contribution in [0.4, 0.5) is 4.39 Å². The summed E-state index contributed by atoms with van der Waals surface area (Å²) in [6.07, 6.45) is 4.22. The molecule has 0 saturated carbocycles. The zero-order valence-corrected chi connectivity index (χ0v) is 17.3. The predicted octanol–water partition coefficient (Wildman–Crippen LogP) is 3.88. The maximum absolute atomic E-state index is 13.1. The van der Waals surface area contributed by atoms with Gasteiger partial charge in [0.2, 0.25) is 5.91 Å². The lowest BCUT2D eigenvalue weighted by Crippen LogP contribution is -2.38. The van der Waals surface area contributed by atoms with E-state index < -0.39 is 0 Å². The first-order valence-corrected chi connectivity index (χ1v) is 11.0. The van der Waals surface area contributed by atoms with Crippen molar-refractivity contribution in [3.8, 4) is 0 Å². The minimum Gasteiger partial charge on any atom is -0.343 e. The van der Waals surface area contributed by atoms with Gasteiger partial charge in [-0.2, -0.15) is 0 Å². The fraction of sp³-hybridized carbons (Fsp3) is 0.440. The van der Waals surface area contributed by atoms with E-state index in [9.17, 15) is 14.0 Å². The SMILES string of the molecule is O=C(CCC(=O)N1CCC(c2ccc(F)cc2)CC1)c1ccc2c(c1)CCNCC2. The van der Waals surface area contributed by atoms with Gasteiger partial charge in [0.1, 0.15) is 5.82 Å². The van der Waals surface area contributed by atoms with Gasteiger partial charge in [-0.1, -0.05) is 24.3 Å². The molecule has 1 amide bonds. The number of likely N-dealkylation sites (tertiary alicyclic amines) is 1. The molecule has 1 fully saturated rings. The third-order valence-corrected chi connectivity index (χ3v) is 6.43. The van der Waals surface area contributed by atoms with Crippen molar-refractivity contribution in [2.45, 2.75) is 44.4 Å². The van der Waals surface area contributed by atoms with Crippen molar-refractivity contribution < 1.29 is 14.0 Å². The van der Waals surface area contributed by atoms with Gasteiger partial charge < -0.3 is 10.2 Å². The smallest absolute Gasteiger partial charge is 0.223 e.